The van der Waals surface area contributed by atoms with E-state index >= 15 is 0 Å². The van der Waals surface area contributed by atoms with E-state index < -0.39 is 17.7 Å². The van der Waals surface area contributed by atoms with Gasteiger partial charge in [-0.1, -0.05) is 92.6 Å². The Morgan fingerprint density at radius 2 is 1.20 bits per heavy atom. The third-order valence-electron chi connectivity index (χ3n) is 7.43. The molecule has 0 fully saturated rings. The number of unbranched alkanes of at least 4 members (excludes halogenated alkanes) is 2. The number of carboxylic acid groups (broad SMARTS) is 1. The summed E-state index contributed by atoms with van der Waals surface area (Å²) in [5.41, 5.74) is 5.51. The molecule has 0 aliphatic heterocycles. The fraction of sp³-hybridized carbons (Fsp3) is 0.278. The van der Waals surface area contributed by atoms with E-state index in [4.69, 9.17) is 0 Å². The van der Waals surface area contributed by atoms with Crippen LogP contribution >= 0.6 is 0 Å². The zero-order valence-corrected chi connectivity index (χ0v) is 24.7. The van der Waals surface area contributed by atoms with Crippen LogP contribution < -0.4 is 5.32 Å². The Balaban J connectivity index is 1.32. The maximum Gasteiger partial charge on any atom is 0.416 e. The lowest BCUT2D eigenvalue weighted by molar-refractivity contribution is -0.139. The van der Waals surface area contributed by atoms with Crippen LogP contribution in [0.2, 0.25) is 0 Å². The van der Waals surface area contributed by atoms with E-state index in [-0.39, 0.29) is 19.0 Å². The molecule has 0 heterocycles. The molecule has 4 aromatic rings. The van der Waals surface area contributed by atoms with Crippen molar-refractivity contribution in [2.45, 2.75) is 58.4 Å². The smallest absolute Gasteiger partial charge is 0.416 e. The van der Waals surface area contributed by atoms with Crippen molar-refractivity contribution in [1.29, 1.82) is 0 Å². The molecule has 0 spiro atoms. The summed E-state index contributed by atoms with van der Waals surface area (Å²) in [5.74, 6) is -1.17. The van der Waals surface area contributed by atoms with Gasteiger partial charge in [-0.15, -0.1) is 0 Å². The minimum atomic E-state index is -4.42. The molecule has 1 amide bonds. The van der Waals surface area contributed by atoms with Crippen molar-refractivity contribution in [3.05, 3.63) is 130 Å². The van der Waals surface area contributed by atoms with E-state index in [0.29, 0.717) is 24.2 Å². The fourth-order valence-electron chi connectivity index (χ4n) is 4.98. The normalized spacial score (nSPS) is 11.5. The van der Waals surface area contributed by atoms with Crippen LogP contribution in [0.5, 0.6) is 0 Å². The van der Waals surface area contributed by atoms with Crippen molar-refractivity contribution in [3.63, 3.8) is 0 Å². The van der Waals surface area contributed by atoms with Crippen LogP contribution in [-0.2, 0) is 37.0 Å². The third kappa shape index (κ3) is 9.81. The number of carbonyl (C=O) groups excluding carboxylic acids is 1. The van der Waals surface area contributed by atoms with Gasteiger partial charge in [0.15, 0.2) is 0 Å². The number of benzene rings is 4. The molecule has 5 nitrogen and oxygen atoms in total. The van der Waals surface area contributed by atoms with Gasteiger partial charge in [-0.05, 0) is 70.5 Å². The molecule has 0 aliphatic carbocycles. The van der Waals surface area contributed by atoms with E-state index in [0.717, 1.165) is 40.8 Å². The number of rotatable bonds is 14. The van der Waals surface area contributed by atoms with Gasteiger partial charge in [0, 0.05) is 25.2 Å². The van der Waals surface area contributed by atoms with Crippen LogP contribution in [0.25, 0.3) is 11.1 Å². The molecule has 0 radical (unpaired) electrons. The first kappa shape index (κ1) is 32.5. The maximum absolute atomic E-state index is 12.9. The average molecular weight is 603 g/mol. The number of nitrogens with one attached hydrogen (secondary N) is 1. The molecule has 4 aromatic carbocycles. The summed E-state index contributed by atoms with van der Waals surface area (Å²) in [4.78, 5) is 25.8. The van der Waals surface area contributed by atoms with Crippen molar-refractivity contribution in [1.82, 2.24) is 10.2 Å². The van der Waals surface area contributed by atoms with Gasteiger partial charge in [-0.3, -0.25) is 14.5 Å². The molecule has 0 aromatic heterocycles. The number of hydrogen-bond donors (Lipinski definition) is 2. The Bertz CT molecular complexity index is 1500. The predicted molar refractivity (Wildman–Crippen MR) is 166 cm³/mol. The molecular formula is C36H37F3N2O3. The highest BCUT2D eigenvalue weighted by Gasteiger charge is 2.30. The molecule has 2 N–H and O–H groups in total. The highest BCUT2D eigenvalue weighted by atomic mass is 19.4. The van der Waals surface area contributed by atoms with E-state index in [2.05, 4.69) is 36.5 Å². The summed E-state index contributed by atoms with van der Waals surface area (Å²) in [6.45, 7) is 2.90. The SMILES string of the molecule is CCCCCc1ccc(CNC(=O)c2ccc(-c3ccc(CN(CC(=O)O)Cc4ccc(C(F)(F)F)cc4)cc3)cc2)cc1. The van der Waals surface area contributed by atoms with Crippen molar-refractivity contribution in [2.24, 2.45) is 0 Å². The lowest BCUT2D eigenvalue weighted by Gasteiger charge is -2.21. The molecule has 0 unspecified atom stereocenters. The highest BCUT2D eigenvalue weighted by Crippen LogP contribution is 2.29. The second kappa shape index (κ2) is 15.3. The number of aryl methyl sites for hydroxylation is 1. The summed E-state index contributed by atoms with van der Waals surface area (Å²) in [7, 11) is 0. The van der Waals surface area contributed by atoms with Gasteiger partial charge in [-0.25, -0.2) is 0 Å². The van der Waals surface area contributed by atoms with Crippen LogP contribution in [0, 0.1) is 0 Å². The first-order valence-corrected chi connectivity index (χ1v) is 14.8. The van der Waals surface area contributed by atoms with Gasteiger partial charge in [-0.2, -0.15) is 13.2 Å². The van der Waals surface area contributed by atoms with Gasteiger partial charge < -0.3 is 10.4 Å². The minimum Gasteiger partial charge on any atom is -0.480 e. The molecule has 0 bridgehead atoms. The Morgan fingerprint density at radius 1 is 0.705 bits per heavy atom. The second-order valence-corrected chi connectivity index (χ2v) is 11.0. The molecule has 8 heteroatoms. The van der Waals surface area contributed by atoms with Crippen molar-refractivity contribution in [3.8, 4) is 11.1 Å². The van der Waals surface area contributed by atoms with Crippen LogP contribution in [0.1, 0.15) is 64.4 Å². The van der Waals surface area contributed by atoms with Crippen LogP contribution in [-0.4, -0.2) is 28.4 Å². The first-order valence-electron chi connectivity index (χ1n) is 14.8. The summed E-state index contributed by atoms with van der Waals surface area (Å²) >= 11 is 0. The van der Waals surface area contributed by atoms with Crippen molar-refractivity contribution in [2.75, 3.05) is 6.54 Å². The number of halogens is 3. The molecule has 0 atom stereocenters. The number of nitrogens with zero attached hydrogens (tertiary/aromatic N) is 1. The zero-order chi connectivity index (χ0) is 31.5. The zero-order valence-electron chi connectivity index (χ0n) is 24.7. The summed E-state index contributed by atoms with van der Waals surface area (Å²) in [5, 5.41) is 12.3. The van der Waals surface area contributed by atoms with E-state index in [1.54, 1.807) is 17.0 Å². The summed E-state index contributed by atoms with van der Waals surface area (Å²) in [6.07, 6.45) is 0.268. The first-order chi connectivity index (χ1) is 21.1. The Morgan fingerprint density at radius 3 is 1.73 bits per heavy atom. The second-order valence-electron chi connectivity index (χ2n) is 11.0. The standard InChI is InChI=1S/C36H37F3N2O3/c1-2-3-4-5-26-6-8-27(9-7-26)22-40-35(44)32-18-16-31(17-19-32)30-14-10-28(11-15-30)23-41(25-34(42)43)24-29-12-20-33(21-13-29)36(37,38)39/h6-21H,2-5,22-25H2,1H3,(H,40,44)(H,42,43). The molecule has 0 aliphatic rings. The molecule has 44 heavy (non-hydrogen) atoms. The predicted octanol–water partition coefficient (Wildman–Crippen LogP) is 8.12. The lowest BCUT2D eigenvalue weighted by Crippen LogP contribution is -2.29. The minimum absolute atomic E-state index is 0.148. The number of amides is 1. The summed E-state index contributed by atoms with van der Waals surface area (Å²) < 4.78 is 38.6. The van der Waals surface area contributed by atoms with E-state index in [9.17, 15) is 27.9 Å². The molecule has 0 saturated heterocycles. The molecular weight excluding hydrogens is 565 g/mol. The van der Waals surface area contributed by atoms with Gasteiger partial charge in [0.25, 0.3) is 5.91 Å². The van der Waals surface area contributed by atoms with Crippen LogP contribution in [0.15, 0.2) is 97.1 Å². The van der Waals surface area contributed by atoms with Crippen molar-refractivity contribution >= 4 is 11.9 Å². The Hall–Kier alpha value is -4.43. The highest BCUT2D eigenvalue weighted by molar-refractivity contribution is 5.94. The Labute approximate surface area is 256 Å². The number of aliphatic carboxylic acids is 1. The van der Waals surface area contributed by atoms with Crippen LogP contribution in [0.3, 0.4) is 0 Å². The lowest BCUT2D eigenvalue weighted by atomic mass is 10.0. The maximum atomic E-state index is 12.9. The van der Waals surface area contributed by atoms with E-state index in [1.165, 1.54) is 37.0 Å². The van der Waals surface area contributed by atoms with Gasteiger partial charge in [0.05, 0.1) is 12.1 Å². The van der Waals surface area contributed by atoms with E-state index in [1.807, 2.05) is 36.4 Å². The van der Waals surface area contributed by atoms with Crippen LogP contribution in [0.4, 0.5) is 13.2 Å². The van der Waals surface area contributed by atoms with Gasteiger partial charge in [0.1, 0.15) is 0 Å². The molecule has 4 rings (SSSR count). The number of carboxylic acids is 1. The quantitative estimate of drug-likeness (QED) is 0.143. The Kier molecular flexibility index (Phi) is 11.3. The van der Waals surface area contributed by atoms with Crippen molar-refractivity contribution < 1.29 is 27.9 Å². The van der Waals surface area contributed by atoms with Gasteiger partial charge >= 0.3 is 12.1 Å². The molecule has 0 saturated carbocycles. The number of hydrogen-bond acceptors (Lipinski definition) is 3. The monoisotopic (exact) mass is 602 g/mol. The summed E-state index contributed by atoms with van der Waals surface area (Å²) in [6, 6.07) is 28.1. The number of alkyl halides is 3. The average Bonchev–Trinajstić information content (AvgIpc) is 3.00. The number of carbonyl (C=O) groups is 2. The van der Waals surface area contributed by atoms with Gasteiger partial charge in [0.2, 0.25) is 0 Å². The topological polar surface area (TPSA) is 69.6 Å². The molecule has 230 valence electrons. The fourth-order valence-corrected chi connectivity index (χ4v) is 4.98. The third-order valence-corrected chi connectivity index (χ3v) is 7.43. The largest absolute Gasteiger partial charge is 0.480 e.